The molecule has 0 bridgehead atoms. The van der Waals surface area contributed by atoms with Gasteiger partial charge in [0.15, 0.2) is 5.15 Å². The van der Waals surface area contributed by atoms with E-state index >= 15 is 0 Å². The lowest BCUT2D eigenvalue weighted by molar-refractivity contribution is -0.117. The van der Waals surface area contributed by atoms with Gasteiger partial charge in [-0.3, -0.25) is 4.79 Å². The van der Waals surface area contributed by atoms with E-state index in [4.69, 9.17) is 23.2 Å². The summed E-state index contributed by atoms with van der Waals surface area (Å²) in [5.41, 5.74) is 0.514. The van der Waals surface area contributed by atoms with Gasteiger partial charge in [0.25, 0.3) is 0 Å². The fraction of sp³-hybridized carbons (Fsp3) is 0.444. The highest BCUT2D eigenvalue weighted by Crippen LogP contribution is 2.30. The first-order valence-electron chi connectivity index (χ1n) is 4.71. The molecule has 1 saturated heterocycles. The van der Waals surface area contributed by atoms with E-state index in [0.717, 1.165) is 0 Å². The lowest BCUT2D eigenvalue weighted by Crippen LogP contribution is -2.25. The van der Waals surface area contributed by atoms with Gasteiger partial charge in [0, 0.05) is 13.0 Å². The zero-order chi connectivity index (χ0) is 11.7. The predicted octanol–water partition coefficient (Wildman–Crippen LogP) is 2.07. The van der Waals surface area contributed by atoms with Crippen molar-refractivity contribution in [3.63, 3.8) is 0 Å². The topological polar surface area (TPSA) is 46.1 Å². The maximum Gasteiger partial charge on any atom is 0.227 e. The van der Waals surface area contributed by atoms with Crippen molar-refractivity contribution >= 4 is 47.4 Å². The van der Waals surface area contributed by atoms with Crippen LogP contribution in [0.25, 0.3) is 0 Å². The summed E-state index contributed by atoms with van der Waals surface area (Å²) in [6.45, 7) is 0.604. The van der Waals surface area contributed by atoms with E-state index < -0.39 is 0 Å². The Hall–Kier alpha value is -0.520. The maximum absolute atomic E-state index is 11.7. The van der Waals surface area contributed by atoms with Crippen molar-refractivity contribution in [1.82, 2.24) is 9.97 Å². The zero-order valence-corrected chi connectivity index (χ0v) is 10.6. The molecule has 1 fully saturated rings. The molecular formula is C9H9Cl2N3OS. The average Bonchev–Trinajstić information content (AvgIpc) is 2.60. The molecule has 1 unspecified atom stereocenters. The van der Waals surface area contributed by atoms with Crippen molar-refractivity contribution in [2.45, 2.75) is 6.42 Å². The van der Waals surface area contributed by atoms with Crippen LogP contribution in [0.1, 0.15) is 6.42 Å². The number of nitrogens with zero attached hydrogens (tertiary/aromatic N) is 3. The molecular weight excluding hydrogens is 269 g/mol. The van der Waals surface area contributed by atoms with E-state index in [2.05, 4.69) is 22.6 Å². The van der Waals surface area contributed by atoms with E-state index in [1.165, 1.54) is 6.20 Å². The normalized spacial score (nSPS) is 20.6. The van der Waals surface area contributed by atoms with Gasteiger partial charge in [-0.05, 0) is 23.3 Å². The Morgan fingerprint density at radius 2 is 2.31 bits per heavy atom. The van der Waals surface area contributed by atoms with Crippen molar-refractivity contribution in [3.8, 4) is 0 Å². The Kier molecular flexibility index (Phi) is 3.56. The summed E-state index contributed by atoms with van der Waals surface area (Å²) >= 11 is 15.7. The van der Waals surface area contributed by atoms with Crippen LogP contribution in [0.3, 0.4) is 0 Å². The van der Waals surface area contributed by atoms with Crippen LogP contribution in [-0.2, 0) is 4.79 Å². The molecule has 0 radical (unpaired) electrons. The van der Waals surface area contributed by atoms with Crippen LogP contribution in [0, 0.1) is 5.92 Å². The summed E-state index contributed by atoms with van der Waals surface area (Å²) in [5, 5.41) is 0.277. The molecule has 4 nitrogen and oxygen atoms in total. The van der Waals surface area contributed by atoms with Gasteiger partial charge in [0.05, 0.1) is 11.9 Å². The Balaban J connectivity index is 2.28. The number of rotatable bonds is 2. The van der Waals surface area contributed by atoms with E-state index in [1.54, 1.807) is 4.90 Å². The highest BCUT2D eigenvalue weighted by Gasteiger charge is 2.31. The van der Waals surface area contributed by atoms with Crippen molar-refractivity contribution in [2.75, 3.05) is 17.2 Å². The van der Waals surface area contributed by atoms with Crippen LogP contribution >= 0.6 is 35.8 Å². The molecule has 0 saturated carbocycles. The molecule has 0 aromatic carbocycles. The van der Waals surface area contributed by atoms with E-state index in [1.807, 2.05) is 0 Å². The number of hydrogen-bond donors (Lipinski definition) is 1. The van der Waals surface area contributed by atoms with Gasteiger partial charge in [-0.1, -0.05) is 11.6 Å². The minimum atomic E-state index is 0.0203. The second-order valence-electron chi connectivity index (χ2n) is 3.57. The van der Waals surface area contributed by atoms with Crippen molar-refractivity contribution in [2.24, 2.45) is 5.92 Å². The number of anilines is 1. The lowest BCUT2D eigenvalue weighted by Gasteiger charge is -2.16. The van der Waals surface area contributed by atoms with Crippen molar-refractivity contribution < 1.29 is 4.79 Å². The molecule has 86 valence electrons. The van der Waals surface area contributed by atoms with Crippen LogP contribution in [-0.4, -0.2) is 28.2 Å². The molecule has 0 aliphatic carbocycles. The number of aromatic nitrogens is 2. The standard InChI is InChI=1S/C9H9Cl2N3OS/c10-8-6(2-12-9(11)13-8)14-3-5(4-16)1-7(14)15/h2,5,16H,1,3-4H2. The molecule has 1 aliphatic rings. The largest absolute Gasteiger partial charge is 0.308 e. The average molecular weight is 278 g/mol. The number of carbonyl (C=O) groups excluding carboxylic acids is 1. The number of halogens is 2. The van der Waals surface area contributed by atoms with Crippen LogP contribution in [0.15, 0.2) is 6.20 Å². The Morgan fingerprint density at radius 1 is 1.56 bits per heavy atom. The van der Waals surface area contributed by atoms with Gasteiger partial charge in [-0.2, -0.15) is 12.6 Å². The molecule has 0 spiro atoms. The van der Waals surface area contributed by atoms with Gasteiger partial charge in [-0.15, -0.1) is 0 Å². The van der Waals surface area contributed by atoms with Crippen molar-refractivity contribution in [3.05, 3.63) is 16.6 Å². The molecule has 1 amide bonds. The fourth-order valence-corrected chi connectivity index (χ4v) is 2.30. The molecule has 1 aliphatic heterocycles. The summed E-state index contributed by atoms with van der Waals surface area (Å²) < 4.78 is 0. The first-order valence-corrected chi connectivity index (χ1v) is 6.10. The Morgan fingerprint density at radius 3 is 2.88 bits per heavy atom. The highest BCUT2D eigenvalue weighted by atomic mass is 35.5. The van der Waals surface area contributed by atoms with Gasteiger partial charge < -0.3 is 4.90 Å². The second-order valence-corrected chi connectivity index (χ2v) is 4.63. The lowest BCUT2D eigenvalue weighted by atomic mass is 10.1. The summed E-state index contributed by atoms with van der Waals surface area (Å²) in [7, 11) is 0. The van der Waals surface area contributed by atoms with E-state index in [0.29, 0.717) is 24.4 Å². The SMILES string of the molecule is O=C1CC(CS)CN1c1cnc(Cl)nc1Cl. The second kappa shape index (κ2) is 4.77. The molecule has 1 aromatic heterocycles. The molecule has 0 N–H and O–H groups in total. The third kappa shape index (κ3) is 2.26. The first-order chi connectivity index (χ1) is 7.61. The zero-order valence-electron chi connectivity index (χ0n) is 8.23. The number of hydrogen-bond acceptors (Lipinski definition) is 4. The third-order valence-corrected chi connectivity index (χ3v) is 3.43. The summed E-state index contributed by atoms with van der Waals surface area (Å²) in [6, 6.07) is 0. The molecule has 1 atom stereocenters. The molecule has 2 rings (SSSR count). The van der Waals surface area contributed by atoms with E-state index in [9.17, 15) is 4.79 Å². The quantitative estimate of drug-likeness (QED) is 0.511. The van der Waals surface area contributed by atoms with Gasteiger partial charge in [0.2, 0.25) is 11.2 Å². The molecule has 16 heavy (non-hydrogen) atoms. The van der Waals surface area contributed by atoms with Crippen LogP contribution in [0.2, 0.25) is 10.4 Å². The summed E-state index contributed by atoms with van der Waals surface area (Å²) in [6.07, 6.45) is 1.96. The Labute approximate surface area is 108 Å². The first kappa shape index (κ1) is 12.0. The Bertz CT molecular complexity index is 429. The minimum Gasteiger partial charge on any atom is -0.308 e. The number of amides is 1. The summed E-state index contributed by atoms with van der Waals surface area (Å²) in [5.74, 6) is 0.948. The van der Waals surface area contributed by atoms with Gasteiger partial charge in [-0.25, -0.2) is 9.97 Å². The van der Waals surface area contributed by atoms with E-state index in [-0.39, 0.29) is 22.3 Å². The fourth-order valence-electron chi connectivity index (χ4n) is 1.65. The van der Waals surface area contributed by atoms with Crippen molar-refractivity contribution in [1.29, 1.82) is 0 Å². The van der Waals surface area contributed by atoms with Crippen LogP contribution < -0.4 is 4.90 Å². The molecule has 7 heteroatoms. The van der Waals surface area contributed by atoms with Crippen LogP contribution in [0.5, 0.6) is 0 Å². The summed E-state index contributed by atoms with van der Waals surface area (Å²) in [4.78, 5) is 20.9. The predicted molar refractivity (Wildman–Crippen MR) is 66.4 cm³/mol. The smallest absolute Gasteiger partial charge is 0.227 e. The highest BCUT2D eigenvalue weighted by molar-refractivity contribution is 7.80. The van der Waals surface area contributed by atoms with Gasteiger partial charge in [0.1, 0.15) is 0 Å². The maximum atomic E-state index is 11.7. The number of thiol groups is 1. The monoisotopic (exact) mass is 277 g/mol. The van der Waals surface area contributed by atoms with Gasteiger partial charge >= 0.3 is 0 Å². The van der Waals surface area contributed by atoms with Crippen LogP contribution in [0.4, 0.5) is 5.69 Å². The molecule has 1 aromatic rings. The minimum absolute atomic E-state index is 0.0203. The number of carbonyl (C=O) groups is 1. The third-order valence-electron chi connectivity index (χ3n) is 2.45. The molecule has 2 heterocycles.